The minimum atomic E-state index is 0.0341. The first kappa shape index (κ1) is 13.5. The molecule has 0 aliphatic heterocycles. The smallest absolute Gasteiger partial charge is 0.220 e. The molecule has 0 unspecified atom stereocenters. The Morgan fingerprint density at radius 1 is 1.32 bits per heavy atom. The Labute approximate surface area is 116 Å². The summed E-state index contributed by atoms with van der Waals surface area (Å²) in [6.07, 6.45) is 2.91. The summed E-state index contributed by atoms with van der Waals surface area (Å²) < 4.78 is 5.52. The summed E-state index contributed by atoms with van der Waals surface area (Å²) in [6.45, 7) is 1.06. The van der Waals surface area contributed by atoms with Crippen molar-refractivity contribution in [2.45, 2.75) is 19.4 Å². The highest BCUT2D eigenvalue weighted by molar-refractivity contribution is 7.09. The van der Waals surface area contributed by atoms with Gasteiger partial charge in [-0.15, -0.1) is 11.3 Å². The highest BCUT2D eigenvalue weighted by Crippen LogP contribution is 2.08. The van der Waals surface area contributed by atoms with Crippen LogP contribution < -0.4 is 10.1 Å². The molecule has 5 heteroatoms. The molecule has 0 atom stereocenters. The molecule has 1 N–H and O–H groups in total. The van der Waals surface area contributed by atoms with Crippen molar-refractivity contribution in [2.75, 3.05) is 6.61 Å². The number of para-hydroxylation sites is 1. The number of hydrogen-bond acceptors (Lipinski definition) is 4. The van der Waals surface area contributed by atoms with Crippen LogP contribution in [-0.4, -0.2) is 17.5 Å². The van der Waals surface area contributed by atoms with Crippen molar-refractivity contribution in [1.82, 2.24) is 10.3 Å². The van der Waals surface area contributed by atoms with Crippen molar-refractivity contribution in [3.63, 3.8) is 0 Å². The second-order valence-electron chi connectivity index (χ2n) is 3.97. The van der Waals surface area contributed by atoms with Crippen LogP contribution in [0.2, 0.25) is 0 Å². The van der Waals surface area contributed by atoms with Gasteiger partial charge in [-0.2, -0.15) is 0 Å². The highest BCUT2D eigenvalue weighted by atomic mass is 32.1. The predicted molar refractivity (Wildman–Crippen MR) is 75.1 cm³/mol. The predicted octanol–water partition coefficient (Wildman–Crippen LogP) is 2.62. The van der Waals surface area contributed by atoms with Crippen LogP contribution in [0.3, 0.4) is 0 Å². The lowest BCUT2D eigenvalue weighted by atomic mass is 10.3. The maximum atomic E-state index is 11.6. The van der Waals surface area contributed by atoms with E-state index in [1.807, 2.05) is 35.7 Å². The molecule has 0 radical (unpaired) electrons. The lowest BCUT2D eigenvalue weighted by Crippen LogP contribution is -2.22. The number of nitrogens with one attached hydrogen (secondary N) is 1. The summed E-state index contributed by atoms with van der Waals surface area (Å²) in [5.41, 5.74) is 0. The number of aromatic nitrogens is 1. The first-order chi connectivity index (χ1) is 9.34. The molecule has 0 spiro atoms. The van der Waals surface area contributed by atoms with Crippen molar-refractivity contribution >= 4 is 17.2 Å². The molecule has 100 valence electrons. The van der Waals surface area contributed by atoms with Crippen LogP contribution >= 0.6 is 11.3 Å². The van der Waals surface area contributed by atoms with Crippen LogP contribution in [0.4, 0.5) is 0 Å². The maximum absolute atomic E-state index is 11.6. The van der Waals surface area contributed by atoms with E-state index in [1.54, 1.807) is 17.5 Å². The van der Waals surface area contributed by atoms with Gasteiger partial charge in [0.1, 0.15) is 10.8 Å². The zero-order valence-electron chi connectivity index (χ0n) is 10.5. The first-order valence-electron chi connectivity index (χ1n) is 6.17. The number of nitrogens with zero attached hydrogens (tertiary/aromatic N) is 1. The molecular weight excluding hydrogens is 260 g/mol. The fraction of sp³-hybridized carbons (Fsp3) is 0.286. The average molecular weight is 276 g/mol. The highest BCUT2D eigenvalue weighted by Gasteiger charge is 2.02. The molecule has 0 fully saturated rings. The van der Waals surface area contributed by atoms with Gasteiger partial charge in [-0.3, -0.25) is 4.79 Å². The Bertz CT molecular complexity index is 485. The van der Waals surface area contributed by atoms with E-state index in [0.29, 0.717) is 26.0 Å². The molecule has 2 aromatic rings. The monoisotopic (exact) mass is 276 g/mol. The summed E-state index contributed by atoms with van der Waals surface area (Å²) in [6, 6.07) is 9.61. The Balaban J connectivity index is 1.57. The van der Waals surface area contributed by atoms with Crippen molar-refractivity contribution < 1.29 is 9.53 Å². The number of carbonyl (C=O) groups excluding carboxylic acids is 1. The molecule has 1 heterocycles. The van der Waals surface area contributed by atoms with Crippen LogP contribution in [0.5, 0.6) is 5.75 Å². The second kappa shape index (κ2) is 7.53. The van der Waals surface area contributed by atoms with Gasteiger partial charge in [0.05, 0.1) is 13.2 Å². The van der Waals surface area contributed by atoms with Crippen molar-refractivity contribution in [3.8, 4) is 5.75 Å². The number of carbonyl (C=O) groups is 1. The minimum Gasteiger partial charge on any atom is -0.494 e. The third kappa shape index (κ3) is 5.09. The van der Waals surface area contributed by atoms with E-state index in [2.05, 4.69) is 10.3 Å². The molecule has 2 rings (SSSR count). The van der Waals surface area contributed by atoms with E-state index in [1.165, 1.54) is 0 Å². The molecule has 0 aliphatic rings. The van der Waals surface area contributed by atoms with E-state index >= 15 is 0 Å². The van der Waals surface area contributed by atoms with Gasteiger partial charge >= 0.3 is 0 Å². The number of ether oxygens (including phenoxy) is 1. The maximum Gasteiger partial charge on any atom is 0.220 e. The van der Waals surface area contributed by atoms with E-state index in [0.717, 1.165) is 10.8 Å². The van der Waals surface area contributed by atoms with Crippen LogP contribution in [0.25, 0.3) is 0 Å². The lowest BCUT2D eigenvalue weighted by molar-refractivity contribution is -0.121. The lowest BCUT2D eigenvalue weighted by Gasteiger charge is -2.06. The molecule has 1 aromatic heterocycles. The van der Waals surface area contributed by atoms with Crippen LogP contribution in [-0.2, 0) is 11.3 Å². The topological polar surface area (TPSA) is 51.2 Å². The van der Waals surface area contributed by atoms with E-state index in [9.17, 15) is 4.79 Å². The quantitative estimate of drug-likeness (QED) is 0.791. The standard InChI is InChI=1S/C14H16N2O2S/c17-13(16-11-14-15-8-10-19-14)7-4-9-18-12-5-2-1-3-6-12/h1-3,5-6,8,10H,4,7,9,11H2,(H,16,17). The molecule has 19 heavy (non-hydrogen) atoms. The largest absolute Gasteiger partial charge is 0.494 e. The Morgan fingerprint density at radius 2 is 2.16 bits per heavy atom. The zero-order chi connectivity index (χ0) is 13.3. The molecule has 1 amide bonds. The Morgan fingerprint density at radius 3 is 2.89 bits per heavy atom. The fourth-order valence-electron chi connectivity index (χ4n) is 1.54. The third-order valence-corrected chi connectivity index (χ3v) is 3.26. The van der Waals surface area contributed by atoms with Crippen molar-refractivity contribution in [2.24, 2.45) is 0 Å². The van der Waals surface area contributed by atoms with E-state index in [-0.39, 0.29) is 5.91 Å². The summed E-state index contributed by atoms with van der Waals surface area (Å²) in [5, 5.41) is 5.66. The molecular formula is C14H16N2O2S. The van der Waals surface area contributed by atoms with Gasteiger partial charge in [0.15, 0.2) is 0 Å². The summed E-state index contributed by atoms with van der Waals surface area (Å²) >= 11 is 1.54. The number of amides is 1. The summed E-state index contributed by atoms with van der Waals surface area (Å²) in [5.74, 6) is 0.873. The number of rotatable bonds is 7. The summed E-state index contributed by atoms with van der Waals surface area (Å²) in [7, 11) is 0. The second-order valence-corrected chi connectivity index (χ2v) is 4.95. The average Bonchev–Trinajstić information content (AvgIpc) is 2.96. The first-order valence-corrected chi connectivity index (χ1v) is 7.05. The number of hydrogen-bond donors (Lipinski definition) is 1. The Hall–Kier alpha value is -1.88. The molecule has 0 bridgehead atoms. The van der Waals surface area contributed by atoms with Gasteiger partial charge in [0, 0.05) is 18.0 Å². The molecule has 0 aliphatic carbocycles. The van der Waals surface area contributed by atoms with Gasteiger partial charge in [-0.05, 0) is 18.6 Å². The number of thiazole rings is 1. The molecule has 0 saturated carbocycles. The van der Waals surface area contributed by atoms with Crippen LogP contribution in [0.1, 0.15) is 17.8 Å². The van der Waals surface area contributed by atoms with Gasteiger partial charge < -0.3 is 10.1 Å². The van der Waals surface area contributed by atoms with Gasteiger partial charge in [-0.25, -0.2) is 4.98 Å². The van der Waals surface area contributed by atoms with Crippen LogP contribution in [0.15, 0.2) is 41.9 Å². The van der Waals surface area contributed by atoms with Gasteiger partial charge in [0.25, 0.3) is 0 Å². The number of benzene rings is 1. The molecule has 0 saturated heterocycles. The minimum absolute atomic E-state index is 0.0341. The summed E-state index contributed by atoms with van der Waals surface area (Å²) in [4.78, 5) is 15.7. The van der Waals surface area contributed by atoms with Crippen LogP contribution in [0, 0.1) is 0 Å². The fourth-order valence-corrected chi connectivity index (χ4v) is 2.10. The van der Waals surface area contributed by atoms with E-state index in [4.69, 9.17) is 4.74 Å². The SMILES string of the molecule is O=C(CCCOc1ccccc1)NCc1nccs1. The van der Waals surface area contributed by atoms with Crippen molar-refractivity contribution in [1.29, 1.82) is 0 Å². The molecule has 1 aromatic carbocycles. The van der Waals surface area contributed by atoms with Gasteiger partial charge in [0.2, 0.25) is 5.91 Å². The zero-order valence-corrected chi connectivity index (χ0v) is 11.4. The normalized spacial score (nSPS) is 10.1. The Kier molecular flexibility index (Phi) is 5.37. The van der Waals surface area contributed by atoms with Crippen molar-refractivity contribution in [3.05, 3.63) is 46.9 Å². The van der Waals surface area contributed by atoms with Gasteiger partial charge in [-0.1, -0.05) is 18.2 Å². The van der Waals surface area contributed by atoms with E-state index < -0.39 is 0 Å². The molecule has 4 nitrogen and oxygen atoms in total. The third-order valence-electron chi connectivity index (χ3n) is 2.48.